The van der Waals surface area contributed by atoms with Crippen molar-refractivity contribution in [3.63, 3.8) is 0 Å². The Morgan fingerprint density at radius 3 is 2.45 bits per heavy atom. The van der Waals surface area contributed by atoms with Crippen LogP contribution in [0.3, 0.4) is 0 Å². The molecule has 3 N–H and O–H groups in total. The van der Waals surface area contributed by atoms with Gasteiger partial charge in [-0.2, -0.15) is 0 Å². The van der Waals surface area contributed by atoms with Gasteiger partial charge < -0.3 is 11.1 Å². The summed E-state index contributed by atoms with van der Waals surface area (Å²) in [6, 6.07) is 14.8. The fraction of sp³-hybridized carbons (Fsp3) is 0.0667. The molecule has 1 aliphatic heterocycles. The van der Waals surface area contributed by atoms with Gasteiger partial charge in [0.1, 0.15) is 6.04 Å². The lowest BCUT2D eigenvalue weighted by Gasteiger charge is -2.13. The first kappa shape index (κ1) is 12.2. The van der Waals surface area contributed by atoms with Crippen LogP contribution in [-0.2, 0) is 4.79 Å². The highest BCUT2D eigenvalue weighted by Crippen LogP contribution is 2.27. The third-order valence-corrected chi connectivity index (χ3v) is 3.20. The molecular formula is C15H13N3O2. The van der Waals surface area contributed by atoms with Crippen LogP contribution in [0.5, 0.6) is 0 Å². The molecule has 0 spiro atoms. The topological polar surface area (TPSA) is 75.4 Å². The number of anilines is 2. The molecule has 5 heteroatoms. The number of hydrogen-bond acceptors (Lipinski definition) is 3. The smallest absolute Gasteiger partial charge is 0.329 e. The number of carbonyl (C=O) groups excluding carboxylic acids is 2. The van der Waals surface area contributed by atoms with Crippen LogP contribution in [0.15, 0.2) is 54.6 Å². The summed E-state index contributed by atoms with van der Waals surface area (Å²) in [5, 5.41) is 2.68. The Kier molecular flexibility index (Phi) is 2.87. The van der Waals surface area contributed by atoms with Crippen molar-refractivity contribution in [3.05, 3.63) is 60.2 Å². The largest absolute Gasteiger partial charge is 0.399 e. The molecule has 0 radical (unpaired) electrons. The Morgan fingerprint density at radius 2 is 1.75 bits per heavy atom. The molecule has 100 valence electrons. The van der Waals surface area contributed by atoms with E-state index < -0.39 is 12.1 Å². The Hall–Kier alpha value is -2.82. The summed E-state index contributed by atoms with van der Waals surface area (Å²) in [5.41, 5.74) is 7.44. The van der Waals surface area contributed by atoms with E-state index in [9.17, 15) is 9.59 Å². The minimum Gasteiger partial charge on any atom is -0.399 e. The van der Waals surface area contributed by atoms with Crippen LogP contribution in [0.2, 0.25) is 0 Å². The van der Waals surface area contributed by atoms with E-state index in [0.717, 1.165) is 10.5 Å². The van der Waals surface area contributed by atoms with Crippen LogP contribution in [0.1, 0.15) is 11.6 Å². The molecule has 0 unspecified atom stereocenters. The fourth-order valence-corrected chi connectivity index (χ4v) is 2.26. The van der Waals surface area contributed by atoms with Gasteiger partial charge in [0.25, 0.3) is 5.91 Å². The van der Waals surface area contributed by atoms with Crippen LogP contribution in [-0.4, -0.2) is 11.9 Å². The first-order chi connectivity index (χ1) is 9.66. The lowest BCUT2D eigenvalue weighted by Crippen LogP contribution is -2.30. The summed E-state index contributed by atoms with van der Waals surface area (Å²) in [6.45, 7) is 0. The van der Waals surface area contributed by atoms with E-state index in [-0.39, 0.29) is 5.91 Å². The monoisotopic (exact) mass is 267 g/mol. The Morgan fingerprint density at radius 1 is 1.00 bits per heavy atom. The van der Waals surface area contributed by atoms with Gasteiger partial charge in [0.15, 0.2) is 0 Å². The predicted octanol–water partition coefficient (Wildman–Crippen LogP) is 2.07. The molecule has 5 nitrogen and oxygen atoms in total. The number of nitrogens with zero attached hydrogens (tertiary/aromatic N) is 1. The minimum absolute atomic E-state index is 0.299. The van der Waals surface area contributed by atoms with Crippen molar-refractivity contribution in [3.8, 4) is 0 Å². The molecule has 1 atom stereocenters. The van der Waals surface area contributed by atoms with E-state index in [1.165, 1.54) is 0 Å². The highest BCUT2D eigenvalue weighted by atomic mass is 16.2. The molecule has 20 heavy (non-hydrogen) atoms. The molecule has 3 amide bonds. The Bertz CT molecular complexity index is 670. The maximum atomic E-state index is 12.4. The van der Waals surface area contributed by atoms with Crippen LogP contribution >= 0.6 is 0 Å². The predicted molar refractivity (Wildman–Crippen MR) is 76.1 cm³/mol. The van der Waals surface area contributed by atoms with Crippen LogP contribution in [0, 0.1) is 0 Å². The Balaban J connectivity index is 1.95. The first-order valence-electron chi connectivity index (χ1n) is 6.22. The number of nitrogens with two attached hydrogens (primary N) is 1. The molecule has 0 aromatic heterocycles. The average molecular weight is 267 g/mol. The number of nitrogen functional groups attached to an aromatic ring is 1. The van der Waals surface area contributed by atoms with Crippen molar-refractivity contribution in [2.75, 3.05) is 10.6 Å². The van der Waals surface area contributed by atoms with Gasteiger partial charge in [-0.15, -0.1) is 0 Å². The number of imide groups is 1. The summed E-state index contributed by atoms with van der Waals surface area (Å²) in [7, 11) is 0. The molecule has 0 bridgehead atoms. The number of amides is 3. The van der Waals surface area contributed by atoms with E-state index in [1.54, 1.807) is 24.3 Å². The number of urea groups is 1. The molecule has 3 rings (SSSR count). The normalized spacial score (nSPS) is 18.2. The van der Waals surface area contributed by atoms with E-state index in [0.29, 0.717) is 11.4 Å². The third-order valence-electron chi connectivity index (χ3n) is 3.20. The summed E-state index contributed by atoms with van der Waals surface area (Å²) in [5.74, 6) is -0.299. The maximum Gasteiger partial charge on any atom is 0.329 e. The van der Waals surface area contributed by atoms with Crippen LogP contribution in [0.4, 0.5) is 16.2 Å². The van der Waals surface area contributed by atoms with Crippen LogP contribution < -0.4 is 16.0 Å². The second kappa shape index (κ2) is 4.70. The van der Waals surface area contributed by atoms with Crippen molar-refractivity contribution in [2.24, 2.45) is 0 Å². The van der Waals surface area contributed by atoms with Gasteiger partial charge in [0, 0.05) is 5.69 Å². The molecule has 1 saturated heterocycles. The molecule has 0 aliphatic carbocycles. The lowest BCUT2D eigenvalue weighted by molar-refractivity contribution is -0.118. The molecule has 2 aromatic carbocycles. The SMILES string of the molecule is Nc1cccc(N2C(=O)N[C@@H](c3ccccc3)C2=O)c1. The standard InChI is InChI=1S/C15H13N3O2/c16-11-7-4-8-12(9-11)18-14(19)13(17-15(18)20)10-5-2-1-3-6-10/h1-9,13H,16H2,(H,17,20)/t13-/m0/s1. The number of benzene rings is 2. The van der Waals surface area contributed by atoms with Crippen molar-refractivity contribution >= 4 is 23.3 Å². The van der Waals surface area contributed by atoms with E-state index >= 15 is 0 Å². The molecule has 1 heterocycles. The van der Waals surface area contributed by atoms with Gasteiger partial charge >= 0.3 is 6.03 Å². The second-order valence-electron chi connectivity index (χ2n) is 4.56. The number of carbonyl (C=O) groups is 2. The zero-order valence-electron chi connectivity index (χ0n) is 10.6. The van der Waals surface area contributed by atoms with Gasteiger partial charge in [0.2, 0.25) is 0 Å². The van der Waals surface area contributed by atoms with Gasteiger partial charge in [-0.25, -0.2) is 9.69 Å². The Labute approximate surface area is 116 Å². The lowest BCUT2D eigenvalue weighted by atomic mass is 10.1. The molecule has 1 aliphatic rings. The van der Waals surface area contributed by atoms with E-state index in [4.69, 9.17) is 5.73 Å². The first-order valence-corrected chi connectivity index (χ1v) is 6.22. The highest BCUT2D eigenvalue weighted by Gasteiger charge is 2.39. The number of hydrogen-bond donors (Lipinski definition) is 2. The number of nitrogens with one attached hydrogen (secondary N) is 1. The highest BCUT2D eigenvalue weighted by molar-refractivity contribution is 6.21. The molecule has 0 saturated carbocycles. The second-order valence-corrected chi connectivity index (χ2v) is 4.56. The molecular weight excluding hydrogens is 254 g/mol. The minimum atomic E-state index is -0.648. The molecule has 2 aromatic rings. The zero-order chi connectivity index (χ0) is 14.1. The van der Waals surface area contributed by atoms with Gasteiger partial charge in [-0.3, -0.25) is 4.79 Å². The van der Waals surface area contributed by atoms with Gasteiger partial charge in [-0.1, -0.05) is 36.4 Å². The fourth-order valence-electron chi connectivity index (χ4n) is 2.26. The zero-order valence-corrected chi connectivity index (χ0v) is 10.6. The van der Waals surface area contributed by atoms with Gasteiger partial charge in [0.05, 0.1) is 5.69 Å². The molecule has 1 fully saturated rings. The summed E-state index contributed by atoms with van der Waals surface area (Å²) >= 11 is 0. The van der Waals surface area contributed by atoms with E-state index in [1.807, 2.05) is 30.3 Å². The van der Waals surface area contributed by atoms with E-state index in [2.05, 4.69) is 5.32 Å². The van der Waals surface area contributed by atoms with Crippen LogP contribution in [0.25, 0.3) is 0 Å². The van der Waals surface area contributed by atoms with Gasteiger partial charge in [-0.05, 0) is 23.8 Å². The van der Waals surface area contributed by atoms with Crippen molar-refractivity contribution in [1.82, 2.24) is 5.32 Å². The summed E-state index contributed by atoms with van der Waals surface area (Å²) < 4.78 is 0. The van der Waals surface area contributed by atoms with Crippen molar-refractivity contribution in [2.45, 2.75) is 6.04 Å². The van der Waals surface area contributed by atoms with Crippen molar-refractivity contribution in [1.29, 1.82) is 0 Å². The number of rotatable bonds is 2. The maximum absolute atomic E-state index is 12.4. The third kappa shape index (κ3) is 1.99. The summed E-state index contributed by atoms with van der Waals surface area (Å²) in [4.78, 5) is 25.6. The van der Waals surface area contributed by atoms with Crippen molar-refractivity contribution < 1.29 is 9.59 Å². The quantitative estimate of drug-likeness (QED) is 0.646. The summed E-state index contributed by atoms with van der Waals surface area (Å²) in [6.07, 6.45) is 0. The average Bonchev–Trinajstić information content (AvgIpc) is 2.75.